The Morgan fingerprint density at radius 2 is 1.91 bits per heavy atom. The van der Waals surface area contributed by atoms with Gasteiger partial charge in [-0.2, -0.15) is 0 Å². The molecule has 0 radical (unpaired) electrons. The van der Waals surface area contributed by atoms with E-state index >= 15 is 0 Å². The number of hydrogen-bond donors (Lipinski definition) is 1. The Balaban J connectivity index is 1.73. The summed E-state index contributed by atoms with van der Waals surface area (Å²) in [5.74, 6) is 0. The van der Waals surface area contributed by atoms with Crippen LogP contribution in [0.2, 0.25) is 0 Å². The Kier molecular flexibility index (Phi) is 5.27. The fraction of sp³-hybridized carbons (Fsp3) is 0.429. The molecule has 1 atom stereocenters. The van der Waals surface area contributed by atoms with Crippen molar-refractivity contribution in [1.29, 1.82) is 0 Å². The second-order valence-corrected chi connectivity index (χ2v) is 8.88. The molecule has 0 amide bonds. The van der Waals surface area contributed by atoms with Crippen molar-refractivity contribution in [1.82, 2.24) is 9.62 Å². The number of nitrogens with one attached hydrogen (secondary N) is 1. The minimum Gasteiger partial charge on any atom is -0.379 e. The van der Waals surface area contributed by atoms with Crippen LogP contribution in [0.25, 0.3) is 0 Å². The van der Waals surface area contributed by atoms with Crippen LogP contribution in [0.1, 0.15) is 10.9 Å². The molecule has 2 aromatic heterocycles. The van der Waals surface area contributed by atoms with Gasteiger partial charge in [0.2, 0.25) is 10.0 Å². The highest BCUT2D eigenvalue weighted by molar-refractivity contribution is 7.91. The molecule has 1 fully saturated rings. The molecule has 0 bridgehead atoms. The van der Waals surface area contributed by atoms with Crippen LogP contribution in [0.4, 0.5) is 0 Å². The molecule has 5 nitrogen and oxygen atoms in total. The van der Waals surface area contributed by atoms with E-state index < -0.39 is 10.0 Å². The Hall–Kier alpha value is -0.770. The van der Waals surface area contributed by atoms with E-state index in [0.29, 0.717) is 24.0 Å². The Morgan fingerprint density at radius 3 is 2.55 bits per heavy atom. The molecule has 0 aromatic carbocycles. The molecule has 8 heteroatoms. The lowest BCUT2D eigenvalue weighted by atomic mass is 10.2. The number of hydrogen-bond acceptors (Lipinski definition) is 6. The zero-order valence-corrected chi connectivity index (χ0v) is 14.4. The van der Waals surface area contributed by atoms with Gasteiger partial charge < -0.3 is 4.74 Å². The van der Waals surface area contributed by atoms with Crippen molar-refractivity contribution >= 4 is 32.7 Å². The van der Waals surface area contributed by atoms with E-state index in [1.54, 1.807) is 28.8 Å². The maximum atomic E-state index is 12.3. The van der Waals surface area contributed by atoms with Gasteiger partial charge in [-0.25, -0.2) is 13.1 Å². The van der Waals surface area contributed by atoms with Crippen molar-refractivity contribution in [3.63, 3.8) is 0 Å². The van der Waals surface area contributed by atoms with Gasteiger partial charge in [0, 0.05) is 24.5 Å². The minimum absolute atomic E-state index is 0.0543. The molecule has 3 heterocycles. The lowest BCUT2D eigenvalue weighted by Gasteiger charge is -2.34. The van der Waals surface area contributed by atoms with Crippen LogP contribution in [-0.2, 0) is 14.8 Å². The molecule has 3 rings (SSSR count). The summed E-state index contributed by atoms with van der Waals surface area (Å²) in [7, 11) is -3.43. The van der Waals surface area contributed by atoms with Crippen molar-refractivity contribution in [2.24, 2.45) is 0 Å². The molecule has 1 N–H and O–H groups in total. The van der Waals surface area contributed by atoms with Gasteiger partial charge in [0.15, 0.2) is 0 Å². The second kappa shape index (κ2) is 7.20. The number of rotatable bonds is 6. The lowest BCUT2D eigenvalue weighted by Crippen LogP contribution is -2.43. The van der Waals surface area contributed by atoms with E-state index in [2.05, 4.69) is 15.7 Å². The summed E-state index contributed by atoms with van der Waals surface area (Å²) < 4.78 is 33.1. The standard InChI is InChI=1S/C14H18N2O3S3/c17-22(18,14-4-2-10-21-14)15-11-12(13-3-1-9-20-13)16-5-7-19-8-6-16/h1-4,9-10,12,15H,5-8,11H2. The van der Waals surface area contributed by atoms with E-state index in [1.165, 1.54) is 16.2 Å². The smallest absolute Gasteiger partial charge is 0.250 e. The van der Waals surface area contributed by atoms with Crippen molar-refractivity contribution in [3.05, 3.63) is 39.9 Å². The first-order chi connectivity index (χ1) is 10.7. The highest BCUT2D eigenvalue weighted by Gasteiger charge is 2.25. The van der Waals surface area contributed by atoms with Gasteiger partial charge in [0.25, 0.3) is 0 Å². The molecule has 1 saturated heterocycles. The molecule has 1 aliphatic rings. The summed E-state index contributed by atoms with van der Waals surface area (Å²) in [5, 5.41) is 3.80. The maximum absolute atomic E-state index is 12.3. The molecule has 1 unspecified atom stereocenters. The SMILES string of the molecule is O=S(=O)(NCC(c1cccs1)N1CCOCC1)c1cccs1. The molecule has 0 aliphatic carbocycles. The third-order valence-electron chi connectivity index (χ3n) is 3.58. The average Bonchev–Trinajstić information content (AvgIpc) is 3.22. The van der Waals surface area contributed by atoms with E-state index in [4.69, 9.17) is 4.74 Å². The zero-order valence-electron chi connectivity index (χ0n) is 12.0. The normalized spacial score (nSPS) is 18.4. The van der Waals surface area contributed by atoms with Crippen LogP contribution in [0.5, 0.6) is 0 Å². The van der Waals surface area contributed by atoms with E-state index in [0.717, 1.165) is 13.1 Å². The van der Waals surface area contributed by atoms with E-state index in [9.17, 15) is 8.42 Å². The molecule has 1 aliphatic heterocycles. The Bertz CT molecular complexity index is 662. The third kappa shape index (κ3) is 3.76. The second-order valence-electron chi connectivity index (χ2n) is 4.96. The maximum Gasteiger partial charge on any atom is 0.250 e. The van der Waals surface area contributed by atoms with Crippen LogP contribution in [0, 0.1) is 0 Å². The van der Waals surface area contributed by atoms with Gasteiger partial charge in [-0.05, 0) is 22.9 Å². The molecular formula is C14H18N2O3S3. The third-order valence-corrected chi connectivity index (χ3v) is 7.38. The van der Waals surface area contributed by atoms with Crippen molar-refractivity contribution in [3.8, 4) is 0 Å². The number of thiophene rings is 2. The molecular weight excluding hydrogens is 340 g/mol. The minimum atomic E-state index is -3.43. The summed E-state index contributed by atoms with van der Waals surface area (Å²) in [6.45, 7) is 3.41. The largest absolute Gasteiger partial charge is 0.379 e. The van der Waals surface area contributed by atoms with Gasteiger partial charge in [-0.15, -0.1) is 22.7 Å². The lowest BCUT2D eigenvalue weighted by molar-refractivity contribution is 0.0179. The van der Waals surface area contributed by atoms with Crippen LogP contribution in [0.3, 0.4) is 0 Å². The molecule has 22 heavy (non-hydrogen) atoms. The summed E-state index contributed by atoms with van der Waals surface area (Å²) in [4.78, 5) is 3.46. The Labute approximate surface area is 138 Å². The number of nitrogens with zero attached hydrogens (tertiary/aromatic N) is 1. The summed E-state index contributed by atoms with van der Waals surface area (Å²) in [6, 6.07) is 7.49. The van der Waals surface area contributed by atoms with Gasteiger partial charge in [-0.3, -0.25) is 4.90 Å². The average molecular weight is 359 g/mol. The fourth-order valence-corrected chi connectivity index (χ4v) is 5.39. The van der Waals surface area contributed by atoms with Crippen molar-refractivity contribution in [2.45, 2.75) is 10.3 Å². The van der Waals surface area contributed by atoms with E-state index in [-0.39, 0.29) is 6.04 Å². The van der Waals surface area contributed by atoms with Crippen LogP contribution >= 0.6 is 22.7 Å². The topological polar surface area (TPSA) is 58.6 Å². The number of sulfonamides is 1. The quantitative estimate of drug-likeness (QED) is 0.860. The zero-order chi connectivity index (χ0) is 15.4. The predicted octanol–water partition coefficient (Wildman–Crippen LogP) is 2.16. The Morgan fingerprint density at radius 1 is 1.18 bits per heavy atom. The molecule has 0 spiro atoms. The summed E-state index contributed by atoms with van der Waals surface area (Å²) in [6.07, 6.45) is 0. The molecule has 0 saturated carbocycles. The number of morpholine rings is 1. The van der Waals surface area contributed by atoms with E-state index in [1.807, 2.05) is 11.4 Å². The first-order valence-corrected chi connectivity index (χ1v) is 10.3. The van der Waals surface area contributed by atoms with Crippen LogP contribution in [0.15, 0.2) is 39.2 Å². The first-order valence-electron chi connectivity index (χ1n) is 7.05. The highest BCUT2D eigenvalue weighted by Crippen LogP contribution is 2.26. The van der Waals surface area contributed by atoms with Gasteiger partial charge >= 0.3 is 0 Å². The van der Waals surface area contributed by atoms with Gasteiger partial charge in [-0.1, -0.05) is 12.1 Å². The summed E-state index contributed by atoms with van der Waals surface area (Å²) >= 11 is 2.89. The number of ether oxygens (including phenoxy) is 1. The van der Waals surface area contributed by atoms with Crippen molar-refractivity contribution < 1.29 is 13.2 Å². The monoisotopic (exact) mass is 358 g/mol. The van der Waals surface area contributed by atoms with Crippen LogP contribution in [-0.4, -0.2) is 46.2 Å². The first kappa shape index (κ1) is 16.1. The fourth-order valence-electron chi connectivity index (χ4n) is 2.46. The van der Waals surface area contributed by atoms with Crippen molar-refractivity contribution in [2.75, 3.05) is 32.8 Å². The predicted molar refractivity (Wildman–Crippen MR) is 89.0 cm³/mol. The summed E-state index contributed by atoms with van der Waals surface area (Å²) in [5.41, 5.74) is 0. The van der Waals surface area contributed by atoms with Gasteiger partial charge in [0.1, 0.15) is 4.21 Å². The van der Waals surface area contributed by atoms with Gasteiger partial charge in [0.05, 0.1) is 19.3 Å². The van der Waals surface area contributed by atoms with Crippen LogP contribution < -0.4 is 4.72 Å². The highest BCUT2D eigenvalue weighted by atomic mass is 32.2. The molecule has 2 aromatic rings. The molecule has 120 valence electrons.